The summed E-state index contributed by atoms with van der Waals surface area (Å²) in [5, 5.41) is 0.799. The van der Waals surface area contributed by atoms with Crippen LogP contribution in [-0.2, 0) is 0 Å². The highest BCUT2D eigenvalue weighted by molar-refractivity contribution is 5.83. The first kappa shape index (κ1) is 9.06. The summed E-state index contributed by atoms with van der Waals surface area (Å²) < 4.78 is 13.1. The Balaban J connectivity index is 2.94. The number of nitrogens with zero attached hydrogens (tertiary/aromatic N) is 2. The van der Waals surface area contributed by atoms with Crippen molar-refractivity contribution >= 4 is 10.9 Å². The summed E-state index contributed by atoms with van der Waals surface area (Å²) in [5.41, 5.74) is 2.53. The van der Waals surface area contributed by atoms with Crippen molar-refractivity contribution < 1.29 is 4.39 Å². The van der Waals surface area contributed by atoms with Crippen molar-refractivity contribution in [2.24, 2.45) is 0 Å². The summed E-state index contributed by atoms with van der Waals surface area (Å²) in [4.78, 5) is 8.51. The van der Waals surface area contributed by atoms with Gasteiger partial charge in [0.15, 0.2) is 0 Å². The molecule has 0 atom stereocenters. The largest absolute Gasteiger partial charge is 0.238 e. The minimum absolute atomic E-state index is 0.231. The van der Waals surface area contributed by atoms with Gasteiger partial charge < -0.3 is 0 Å². The first-order valence-electron chi connectivity index (χ1n) is 4.49. The highest BCUT2D eigenvalue weighted by atomic mass is 19.1. The van der Waals surface area contributed by atoms with Gasteiger partial charge in [-0.15, -0.1) is 0 Å². The van der Waals surface area contributed by atoms with E-state index < -0.39 is 0 Å². The summed E-state index contributed by atoms with van der Waals surface area (Å²) in [6.07, 6.45) is 0. The van der Waals surface area contributed by atoms with Gasteiger partial charge in [-0.1, -0.05) is 0 Å². The maximum atomic E-state index is 13.1. The molecule has 0 N–H and O–H groups in total. The van der Waals surface area contributed by atoms with E-state index in [0.717, 1.165) is 28.0 Å². The number of hydrogen-bond donors (Lipinski definition) is 0. The van der Waals surface area contributed by atoms with E-state index in [-0.39, 0.29) is 5.82 Å². The second kappa shape index (κ2) is 3.01. The quantitative estimate of drug-likeness (QED) is 0.638. The monoisotopic (exact) mass is 190 g/mol. The number of hydrogen-bond acceptors (Lipinski definition) is 2. The summed E-state index contributed by atoms with van der Waals surface area (Å²) >= 11 is 0. The van der Waals surface area contributed by atoms with Gasteiger partial charge in [-0.25, -0.2) is 14.4 Å². The van der Waals surface area contributed by atoms with Crippen LogP contribution >= 0.6 is 0 Å². The van der Waals surface area contributed by atoms with Crippen molar-refractivity contribution in [3.8, 4) is 0 Å². The van der Waals surface area contributed by atoms with Gasteiger partial charge in [0.05, 0.1) is 5.52 Å². The molecule has 0 radical (unpaired) electrons. The molecule has 0 aliphatic rings. The Morgan fingerprint density at radius 2 is 1.79 bits per heavy atom. The topological polar surface area (TPSA) is 25.8 Å². The number of aryl methyl sites for hydroxylation is 3. The van der Waals surface area contributed by atoms with Crippen molar-refractivity contribution in [1.82, 2.24) is 9.97 Å². The molecule has 0 unspecified atom stereocenters. The van der Waals surface area contributed by atoms with Gasteiger partial charge in [0.25, 0.3) is 0 Å². The highest BCUT2D eigenvalue weighted by Crippen LogP contribution is 2.20. The van der Waals surface area contributed by atoms with Crippen molar-refractivity contribution in [3.63, 3.8) is 0 Å². The normalized spacial score (nSPS) is 10.9. The Morgan fingerprint density at radius 3 is 2.50 bits per heavy atom. The van der Waals surface area contributed by atoms with E-state index in [4.69, 9.17) is 0 Å². The van der Waals surface area contributed by atoms with E-state index in [1.54, 1.807) is 0 Å². The van der Waals surface area contributed by atoms with Crippen LogP contribution in [0.25, 0.3) is 10.9 Å². The second-order valence-corrected chi connectivity index (χ2v) is 3.48. The summed E-state index contributed by atoms with van der Waals surface area (Å²) in [6, 6.07) is 2.98. The van der Waals surface area contributed by atoms with Crippen molar-refractivity contribution in [2.45, 2.75) is 20.8 Å². The van der Waals surface area contributed by atoms with Crippen LogP contribution in [0, 0.1) is 26.6 Å². The molecule has 0 aliphatic carbocycles. The summed E-state index contributed by atoms with van der Waals surface area (Å²) in [6.45, 7) is 5.57. The lowest BCUT2D eigenvalue weighted by molar-refractivity contribution is 0.628. The third-order valence-electron chi connectivity index (χ3n) is 2.26. The van der Waals surface area contributed by atoms with Crippen LogP contribution < -0.4 is 0 Å². The number of halogens is 1. The maximum Gasteiger partial charge on any atom is 0.126 e. The van der Waals surface area contributed by atoms with E-state index in [0.29, 0.717) is 0 Å². The van der Waals surface area contributed by atoms with Crippen LogP contribution in [0.1, 0.15) is 17.1 Å². The number of fused-ring (bicyclic) bond motifs is 1. The average molecular weight is 190 g/mol. The number of benzene rings is 1. The van der Waals surface area contributed by atoms with Gasteiger partial charge in [-0.2, -0.15) is 0 Å². The van der Waals surface area contributed by atoms with Crippen molar-refractivity contribution in [3.05, 3.63) is 35.0 Å². The molecule has 2 aromatic rings. The van der Waals surface area contributed by atoms with Gasteiger partial charge in [-0.3, -0.25) is 0 Å². The van der Waals surface area contributed by atoms with Crippen LogP contribution in [0.15, 0.2) is 12.1 Å². The van der Waals surface area contributed by atoms with Gasteiger partial charge in [-0.05, 0) is 38.5 Å². The fourth-order valence-electron chi connectivity index (χ4n) is 1.65. The predicted octanol–water partition coefficient (Wildman–Crippen LogP) is 2.69. The first-order chi connectivity index (χ1) is 6.58. The SMILES string of the molecule is Cc1nc(C)c2cc(F)cc(C)c2n1. The molecular formula is C11H11FN2. The molecule has 0 fully saturated rings. The van der Waals surface area contributed by atoms with E-state index in [1.807, 2.05) is 20.8 Å². The maximum absolute atomic E-state index is 13.1. The lowest BCUT2D eigenvalue weighted by Crippen LogP contribution is -1.95. The Bertz CT molecular complexity index is 459. The zero-order chi connectivity index (χ0) is 10.3. The lowest BCUT2D eigenvalue weighted by atomic mass is 10.1. The smallest absolute Gasteiger partial charge is 0.126 e. The molecule has 0 saturated heterocycles. The molecule has 1 heterocycles. The number of aromatic nitrogens is 2. The van der Waals surface area contributed by atoms with Crippen LogP contribution in [0.5, 0.6) is 0 Å². The molecule has 0 aliphatic heterocycles. The van der Waals surface area contributed by atoms with E-state index in [9.17, 15) is 4.39 Å². The molecule has 1 aromatic carbocycles. The molecule has 72 valence electrons. The Kier molecular flexibility index (Phi) is 1.95. The minimum atomic E-state index is -0.231. The first-order valence-corrected chi connectivity index (χ1v) is 4.49. The summed E-state index contributed by atoms with van der Waals surface area (Å²) in [7, 11) is 0. The zero-order valence-electron chi connectivity index (χ0n) is 8.43. The van der Waals surface area contributed by atoms with Gasteiger partial charge in [0, 0.05) is 11.1 Å². The van der Waals surface area contributed by atoms with E-state index in [1.165, 1.54) is 12.1 Å². The lowest BCUT2D eigenvalue weighted by Gasteiger charge is -2.05. The third kappa shape index (κ3) is 1.35. The highest BCUT2D eigenvalue weighted by Gasteiger charge is 2.06. The molecule has 3 heteroatoms. The average Bonchev–Trinajstić information content (AvgIpc) is 2.07. The van der Waals surface area contributed by atoms with Crippen LogP contribution in [0.4, 0.5) is 4.39 Å². The van der Waals surface area contributed by atoms with Gasteiger partial charge >= 0.3 is 0 Å². The Labute approximate surface area is 81.8 Å². The van der Waals surface area contributed by atoms with Crippen LogP contribution in [0.3, 0.4) is 0 Å². The predicted molar refractivity (Wildman–Crippen MR) is 53.7 cm³/mol. The molecule has 2 nitrogen and oxygen atoms in total. The van der Waals surface area contributed by atoms with Crippen LogP contribution in [-0.4, -0.2) is 9.97 Å². The molecule has 0 bridgehead atoms. The number of rotatable bonds is 0. The second-order valence-electron chi connectivity index (χ2n) is 3.48. The Hall–Kier alpha value is -1.51. The molecule has 1 aromatic heterocycles. The fraction of sp³-hybridized carbons (Fsp3) is 0.273. The van der Waals surface area contributed by atoms with Gasteiger partial charge in [0.1, 0.15) is 11.6 Å². The van der Waals surface area contributed by atoms with E-state index >= 15 is 0 Å². The molecule has 0 saturated carbocycles. The van der Waals surface area contributed by atoms with E-state index in [2.05, 4.69) is 9.97 Å². The molecule has 0 spiro atoms. The molecule has 0 amide bonds. The zero-order valence-corrected chi connectivity index (χ0v) is 8.43. The van der Waals surface area contributed by atoms with Crippen molar-refractivity contribution in [1.29, 1.82) is 0 Å². The molecule has 2 rings (SSSR count). The third-order valence-corrected chi connectivity index (χ3v) is 2.26. The van der Waals surface area contributed by atoms with Gasteiger partial charge in [0.2, 0.25) is 0 Å². The van der Waals surface area contributed by atoms with Crippen LogP contribution in [0.2, 0.25) is 0 Å². The standard InChI is InChI=1S/C11H11FN2/c1-6-4-9(12)5-10-7(2)13-8(3)14-11(6)10/h4-5H,1-3H3. The fourth-order valence-corrected chi connectivity index (χ4v) is 1.65. The molecule has 14 heavy (non-hydrogen) atoms. The van der Waals surface area contributed by atoms with Crippen molar-refractivity contribution in [2.75, 3.05) is 0 Å². The Morgan fingerprint density at radius 1 is 1.07 bits per heavy atom. The summed E-state index contributed by atoms with van der Waals surface area (Å²) in [5.74, 6) is 0.496. The minimum Gasteiger partial charge on any atom is -0.238 e. The molecular weight excluding hydrogens is 179 g/mol.